The molecule has 3 rings (SSSR count). The van der Waals surface area contributed by atoms with Crippen LogP contribution < -0.4 is 10.6 Å². The van der Waals surface area contributed by atoms with Crippen molar-refractivity contribution in [2.75, 3.05) is 26.0 Å². The van der Waals surface area contributed by atoms with Crippen LogP contribution in [-0.2, 0) is 0 Å². The molecule has 0 radical (unpaired) electrons. The van der Waals surface area contributed by atoms with Gasteiger partial charge in [0.1, 0.15) is 5.82 Å². The highest BCUT2D eigenvalue weighted by Gasteiger charge is 2.23. The molecule has 1 saturated carbocycles. The zero-order valence-electron chi connectivity index (χ0n) is 17.5. The van der Waals surface area contributed by atoms with Crippen molar-refractivity contribution in [2.24, 2.45) is 5.92 Å². The van der Waals surface area contributed by atoms with E-state index in [0.29, 0.717) is 0 Å². The van der Waals surface area contributed by atoms with E-state index in [2.05, 4.69) is 48.6 Å². The van der Waals surface area contributed by atoms with Crippen LogP contribution in [-0.4, -0.2) is 47.4 Å². The highest BCUT2D eigenvalue weighted by molar-refractivity contribution is 5.89. The monoisotopic (exact) mass is 383 g/mol. The van der Waals surface area contributed by atoms with Gasteiger partial charge in [-0.1, -0.05) is 30.3 Å². The second-order valence-corrected chi connectivity index (χ2v) is 8.40. The minimum absolute atomic E-state index is 0.141. The predicted octanol–water partition coefficient (Wildman–Crippen LogP) is 4.37. The number of amides is 2. The highest BCUT2D eigenvalue weighted by atomic mass is 16.2. The smallest absolute Gasteiger partial charge is 0.320 e. The Morgan fingerprint density at radius 2 is 1.86 bits per heavy atom. The van der Waals surface area contributed by atoms with E-state index in [1.807, 2.05) is 41.1 Å². The fourth-order valence-electron chi connectivity index (χ4n) is 3.97. The Morgan fingerprint density at radius 3 is 2.46 bits per heavy atom. The summed E-state index contributed by atoms with van der Waals surface area (Å²) < 4.78 is 1.87. The summed E-state index contributed by atoms with van der Waals surface area (Å²) in [7, 11) is 4.25. The zero-order chi connectivity index (χ0) is 20.1. The summed E-state index contributed by atoms with van der Waals surface area (Å²) in [4.78, 5) is 14.8. The van der Waals surface area contributed by atoms with Gasteiger partial charge in [-0.05, 0) is 59.5 Å². The molecule has 2 N–H and O–H groups in total. The van der Waals surface area contributed by atoms with Crippen LogP contribution in [0.15, 0.2) is 36.4 Å². The molecule has 1 aliphatic carbocycles. The number of urea groups is 1. The minimum atomic E-state index is -0.141. The molecule has 0 aliphatic heterocycles. The predicted molar refractivity (Wildman–Crippen MR) is 115 cm³/mol. The summed E-state index contributed by atoms with van der Waals surface area (Å²) >= 11 is 0. The molecular formula is C22H33N5O. The van der Waals surface area contributed by atoms with Crippen molar-refractivity contribution in [1.29, 1.82) is 0 Å². The minimum Gasteiger partial charge on any atom is -0.335 e. The Labute approximate surface area is 168 Å². The molecule has 6 heteroatoms. The molecule has 1 aliphatic rings. The number of carbonyl (C=O) groups is 1. The topological polar surface area (TPSA) is 62.2 Å². The van der Waals surface area contributed by atoms with Gasteiger partial charge in [0.25, 0.3) is 0 Å². The summed E-state index contributed by atoms with van der Waals surface area (Å²) in [5.41, 5.74) is 1.92. The summed E-state index contributed by atoms with van der Waals surface area (Å²) in [6.07, 6.45) is 4.44. The Hall–Kier alpha value is -2.34. The number of hydrogen-bond acceptors (Lipinski definition) is 3. The summed E-state index contributed by atoms with van der Waals surface area (Å²) in [6, 6.07) is 12.3. The van der Waals surface area contributed by atoms with Crippen molar-refractivity contribution in [3.8, 4) is 11.3 Å². The Balaban J connectivity index is 1.60. The van der Waals surface area contributed by atoms with Gasteiger partial charge in [0.05, 0.1) is 5.69 Å². The maximum atomic E-state index is 12.6. The molecule has 1 aromatic carbocycles. The molecule has 2 aromatic rings. The van der Waals surface area contributed by atoms with E-state index in [-0.39, 0.29) is 18.1 Å². The van der Waals surface area contributed by atoms with Crippen molar-refractivity contribution in [1.82, 2.24) is 20.0 Å². The molecule has 6 nitrogen and oxygen atoms in total. The third-order valence-electron chi connectivity index (χ3n) is 5.34. The average Bonchev–Trinajstić information content (AvgIpc) is 3.07. The molecule has 1 heterocycles. The second kappa shape index (κ2) is 9.24. The van der Waals surface area contributed by atoms with Crippen LogP contribution >= 0.6 is 0 Å². The average molecular weight is 384 g/mol. The molecule has 28 heavy (non-hydrogen) atoms. The third-order valence-corrected chi connectivity index (χ3v) is 5.34. The largest absolute Gasteiger partial charge is 0.335 e. The van der Waals surface area contributed by atoms with E-state index in [1.54, 1.807) is 0 Å². The van der Waals surface area contributed by atoms with E-state index in [1.165, 1.54) is 12.8 Å². The number of nitrogens with zero attached hydrogens (tertiary/aromatic N) is 3. The van der Waals surface area contributed by atoms with Gasteiger partial charge in [0.15, 0.2) is 0 Å². The van der Waals surface area contributed by atoms with Crippen molar-refractivity contribution < 1.29 is 4.79 Å². The van der Waals surface area contributed by atoms with Gasteiger partial charge in [-0.25, -0.2) is 9.48 Å². The lowest BCUT2D eigenvalue weighted by atomic mass is 9.86. The Bertz CT molecular complexity index is 760. The first-order chi connectivity index (χ1) is 13.4. The number of carbonyl (C=O) groups excluding carboxylic acids is 1. The van der Waals surface area contributed by atoms with Gasteiger partial charge in [0.2, 0.25) is 0 Å². The number of anilines is 1. The lowest BCUT2D eigenvalue weighted by molar-refractivity contribution is 0.223. The maximum Gasteiger partial charge on any atom is 0.320 e. The van der Waals surface area contributed by atoms with Gasteiger partial charge >= 0.3 is 6.03 Å². The van der Waals surface area contributed by atoms with Gasteiger partial charge in [-0.2, -0.15) is 5.10 Å². The van der Waals surface area contributed by atoms with E-state index in [4.69, 9.17) is 0 Å². The van der Waals surface area contributed by atoms with Crippen LogP contribution in [0.1, 0.15) is 45.6 Å². The summed E-state index contributed by atoms with van der Waals surface area (Å²) in [5, 5.41) is 10.9. The lowest BCUT2D eigenvalue weighted by Gasteiger charge is -2.30. The van der Waals surface area contributed by atoms with Crippen molar-refractivity contribution in [3.63, 3.8) is 0 Å². The molecule has 2 amide bonds. The van der Waals surface area contributed by atoms with Gasteiger partial charge in [0, 0.05) is 30.3 Å². The molecule has 0 unspecified atom stereocenters. The van der Waals surface area contributed by atoms with Crippen LogP contribution in [0.5, 0.6) is 0 Å². The number of hydrogen-bond donors (Lipinski definition) is 2. The van der Waals surface area contributed by atoms with E-state index >= 15 is 0 Å². The molecule has 0 atom stereocenters. The van der Waals surface area contributed by atoms with E-state index in [0.717, 1.165) is 42.4 Å². The van der Waals surface area contributed by atoms with E-state index in [9.17, 15) is 4.79 Å². The quantitative estimate of drug-likeness (QED) is 0.778. The highest BCUT2D eigenvalue weighted by Crippen LogP contribution is 2.26. The first kappa shape index (κ1) is 20.4. The number of nitrogens with one attached hydrogen (secondary N) is 2. The van der Waals surface area contributed by atoms with Gasteiger partial charge in [-0.3, -0.25) is 5.32 Å². The molecule has 152 valence electrons. The standard InChI is InChI=1S/C22H33N5O/c1-16(2)27-21(14-20(25-27)18-8-6-5-7-9-18)24-22(28)23-19-12-10-17(11-13-19)15-26(3)4/h5-9,14,16-17,19H,10-13,15H2,1-4H3,(H2,23,24,28). The first-order valence-corrected chi connectivity index (χ1v) is 10.3. The third kappa shape index (κ3) is 5.35. The second-order valence-electron chi connectivity index (χ2n) is 8.40. The molecule has 0 spiro atoms. The van der Waals surface area contributed by atoms with Gasteiger partial charge < -0.3 is 10.2 Å². The molecule has 0 saturated heterocycles. The molecule has 1 aromatic heterocycles. The van der Waals surface area contributed by atoms with Crippen molar-refractivity contribution in [2.45, 2.75) is 51.6 Å². The van der Waals surface area contributed by atoms with Crippen LogP contribution in [0, 0.1) is 5.92 Å². The fourth-order valence-corrected chi connectivity index (χ4v) is 3.97. The maximum absolute atomic E-state index is 12.6. The lowest BCUT2D eigenvalue weighted by Crippen LogP contribution is -2.41. The Kier molecular flexibility index (Phi) is 6.73. The Morgan fingerprint density at radius 1 is 1.18 bits per heavy atom. The van der Waals surface area contributed by atoms with Crippen LogP contribution in [0.4, 0.5) is 10.6 Å². The first-order valence-electron chi connectivity index (χ1n) is 10.3. The number of rotatable bonds is 6. The molecular weight excluding hydrogens is 350 g/mol. The summed E-state index contributed by atoms with van der Waals surface area (Å²) in [6.45, 7) is 5.27. The SMILES string of the molecule is CC(C)n1nc(-c2ccccc2)cc1NC(=O)NC1CCC(CN(C)C)CC1. The zero-order valence-corrected chi connectivity index (χ0v) is 17.5. The van der Waals surface area contributed by atoms with Crippen molar-refractivity contribution >= 4 is 11.8 Å². The molecule has 0 bridgehead atoms. The number of benzene rings is 1. The van der Waals surface area contributed by atoms with Crippen LogP contribution in [0.3, 0.4) is 0 Å². The summed E-state index contributed by atoms with van der Waals surface area (Å²) in [5.74, 6) is 1.47. The fraction of sp³-hybridized carbons (Fsp3) is 0.545. The number of aromatic nitrogens is 2. The van der Waals surface area contributed by atoms with Gasteiger partial charge in [-0.15, -0.1) is 0 Å². The van der Waals surface area contributed by atoms with Crippen LogP contribution in [0.25, 0.3) is 11.3 Å². The molecule has 1 fully saturated rings. The van der Waals surface area contributed by atoms with Crippen molar-refractivity contribution in [3.05, 3.63) is 36.4 Å². The van der Waals surface area contributed by atoms with E-state index < -0.39 is 0 Å². The normalized spacial score (nSPS) is 19.8. The van der Waals surface area contributed by atoms with Crippen LogP contribution in [0.2, 0.25) is 0 Å².